The Hall–Kier alpha value is -4.32. The monoisotopic (exact) mass is 703 g/mol. The lowest BCUT2D eigenvalue weighted by Crippen LogP contribution is -2.43. The first-order valence-electron chi connectivity index (χ1n) is 18.1. The maximum absolute atomic E-state index is 13.6. The van der Waals surface area contributed by atoms with Crippen molar-refractivity contribution in [2.75, 3.05) is 27.2 Å². The number of aliphatic hydroxyl groups is 1. The fourth-order valence-corrected chi connectivity index (χ4v) is 6.24. The molecule has 1 saturated heterocycles. The van der Waals surface area contributed by atoms with Crippen LogP contribution in [0.3, 0.4) is 0 Å². The fourth-order valence-electron chi connectivity index (χ4n) is 6.24. The molecular weight excluding hydrogens is 650 g/mol. The SMILES string of the molecule is CCCCCC1(CCCCC)O[C@@H]2[C@@H](C=C(C(=O)NCc3cccc(C(=O)NCCO)c3)C[C@H]2OC(=O)c2ccc(C=CC(=O)N(C)C)cc2)O1. The molecule has 3 N–H and O–H groups in total. The van der Waals surface area contributed by atoms with Crippen LogP contribution in [0.25, 0.3) is 6.08 Å². The van der Waals surface area contributed by atoms with Gasteiger partial charge in [-0.3, -0.25) is 14.4 Å². The van der Waals surface area contributed by atoms with E-state index in [-0.39, 0.29) is 43.8 Å². The van der Waals surface area contributed by atoms with E-state index in [2.05, 4.69) is 24.5 Å². The summed E-state index contributed by atoms with van der Waals surface area (Å²) in [6, 6.07) is 13.7. The van der Waals surface area contributed by atoms with Gasteiger partial charge in [-0.1, -0.05) is 63.8 Å². The molecule has 3 atom stereocenters. The van der Waals surface area contributed by atoms with Crippen LogP contribution in [0.1, 0.15) is 103 Å². The van der Waals surface area contributed by atoms with Gasteiger partial charge in [0.05, 0.1) is 12.2 Å². The van der Waals surface area contributed by atoms with Gasteiger partial charge in [0.1, 0.15) is 18.3 Å². The van der Waals surface area contributed by atoms with Crippen LogP contribution in [0.15, 0.2) is 66.3 Å². The van der Waals surface area contributed by atoms with E-state index in [9.17, 15) is 19.2 Å². The van der Waals surface area contributed by atoms with Crippen molar-refractivity contribution in [2.45, 2.75) is 102 Å². The van der Waals surface area contributed by atoms with Gasteiger partial charge in [0.2, 0.25) is 11.8 Å². The minimum Gasteiger partial charge on any atom is -0.456 e. The smallest absolute Gasteiger partial charge is 0.338 e. The number of nitrogens with zero attached hydrogens (tertiary/aromatic N) is 1. The Morgan fingerprint density at radius 3 is 2.27 bits per heavy atom. The van der Waals surface area contributed by atoms with E-state index in [1.165, 1.54) is 11.0 Å². The number of likely N-dealkylation sites (N-methyl/N-ethyl adjacent to an activating group) is 1. The quantitative estimate of drug-likeness (QED) is 0.108. The standard InChI is InChI=1S/C40H53N3O8/c1-5-7-9-20-40(21-10-8-6-2)50-34-26-32(38(47)42-27-29-12-11-13-31(24-29)37(46)41-22-23-44)25-33(36(34)51-40)49-39(48)30-17-14-28(15-18-30)16-19-35(45)43(3)4/h11-19,24,26,33-34,36,44H,5-10,20-23,25,27H2,1-4H3,(H,41,46)(H,42,47)/t33-,34-,36+/m1/s1. The van der Waals surface area contributed by atoms with Gasteiger partial charge in [-0.25, -0.2) is 4.79 Å². The topological polar surface area (TPSA) is 144 Å². The zero-order valence-corrected chi connectivity index (χ0v) is 30.3. The Labute approximate surface area is 301 Å². The lowest BCUT2D eigenvalue weighted by Gasteiger charge is -2.31. The summed E-state index contributed by atoms with van der Waals surface area (Å²) in [5.41, 5.74) is 2.68. The molecule has 0 spiro atoms. The van der Waals surface area contributed by atoms with Gasteiger partial charge in [-0.15, -0.1) is 0 Å². The number of esters is 1. The number of hydrogen-bond acceptors (Lipinski definition) is 8. The first-order chi connectivity index (χ1) is 24.6. The van der Waals surface area contributed by atoms with Crippen molar-refractivity contribution in [2.24, 2.45) is 0 Å². The molecule has 1 fully saturated rings. The van der Waals surface area contributed by atoms with Crippen molar-refractivity contribution in [3.8, 4) is 0 Å². The Kier molecular flexibility index (Phi) is 15.0. The third-order valence-electron chi connectivity index (χ3n) is 9.10. The van der Waals surface area contributed by atoms with Crippen LogP contribution in [-0.2, 0) is 30.3 Å². The summed E-state index contributed by atoms with van der Waals surface area (Å²) < 4.78 is 19.5. The molecule has 4 rings (SSSR count). The van der Waals surface area contributed by atoms with E-state index in [4.69, 9.17) is 19.3 Å². The van der Waals surface area contributed by atoms with Gasteiger partial charge >= 0.3 is 5.97 Å². The summed E-state index contributed by atoms with van der Waals surface area (Å²) >= 11 is 0. The summed E-state index contributed by atoms with van der Waals surface area (Å²) in [7, 11) is 3.35. The summed E-state index contributed by atoms with van der Waals surface area (Å²) in [6.07, 6.45) is 10.6. The fraction of sp³-hybridized carbons (Fsp3) is 0.500. The Morgan fingerprint density at radius 2 is 1.63 bits per heavy atom. The molecule has 0 radical (unpaired) electrons. The summed E-state index contributed by atoms with van der Waals surface area (Å²) in [6.45, 7) is 4.46. The van der Waals surface area contributed by atoms with E-state index in [1.807, 2.05) is 6.07 Å². The Bertz CT molecular complexity index is 1540. The Balaban J connectivity index is 1.53. The van der Waals surface area contributed by atoms with Crippen LogP contribution < -0.4 is 10.6 Å². The summed E-state index contributed by atoms with van der Waals surface area (Å²) in [4.78, 5) is 53.0. The molecule has 276 valence electrons. The molecule has 1 heterocycles. The molecule has 11 heteroatoms. The molecule has 0 aromatic heterocycles. The van der Waals surface area contributed by atoms with Crippen molar-refractivity contribution in [1.29, 1.82) is 0 Å². The second-order valence-corrected chi connectivity index (χ2v) is 13.4. The molecule has 1 aliphatic heterocycles. The number of aliphatic hydroxyl groups excluding tert-OH is 1. The average molecular weight is 704 g/mol. The minimum absolute atomic E-state index is 0.138. The number of carbonyl (C=O) groups is 4. The number of unbranched alkanes of at least 4 members (excludes halogenated alkanes) is 4. The largest absolute Gasteiger partial charge is 0.456 e. The molecule has 2 aromatic carbocycles. The minimum atomic E-state index is -0.832. The second-order valence-electron chi connectivity index (χ2n) is 13.4. The highest BCUT2D eigenvalue weighted by molar-refractivity contribution is 5.95. The van der Waals surface area contributed by atoms with Gasteiger partial charge < -0.3 is 34.9 Å². The number of ether oxygens (including phenoxy) is 3. The molecule has 2 aliphatic rings. The van der Waals surface area contributed by atoms with Crippen LogP contribution in [0.2, 0.25) is 0 Å². The van der Waals surface area contributed by atoms with Crippen molar-refractivity contribution in [3.05, 3.63) is 88.5 Å². The third kappa shape index (κ3) is 11.3. The zero-order chi connectivity index (χ0) is 36.8. The highest BCUT2D eigenvalue weighted by atomic mass is 16.8. The number of hydrogen-bond donors (Lipinski definition) is 3. The van der Waals surface area contributed by atoms with Gasteiger partial charge in [-0.05, 0) is 60.4 Å². The maximum atomic E-state index is 13.6. The van der Waals surface area contributed by atoms with Crippen molar-refractivity contribution >= 4 is 29.8 Å². The van der Waals surface area contributed by atoms with Crippen LogP contribution in [-0.4, -0.2) is 85.0 Å². The van der Waals surface area contributed by atoms with Crippen molar-refractivity contribution < 1.29 is 38.5 Å². The molecule has 0 unspecified atom stereocenters. The molecular formula is C40H53N3O8. The summed E-state index contributed by atoms with van der Waals surface area (Å²) in [5.74, 6) is -2.16. The van der Waals surface area contributed by atoms with Crippen LogP contribution in [0.4, 0.5) is 0 Å². The van der Waals surface area contributed by atoms with Crippen molar-refractivity contribution in [1.82, 2.24) is 15.5 Å². The first kappa shape index (κ1) is 39.5. The number of carbonyl (C=O) groups excluding carboxylic acids is 4. The van der Waals surface area contributed by atoms with E-state index in [0.717, 1.165) is 49.7 Å². The maximum Gasteiger partial charge on any atom is 0.338 e. The van der Waals surface area contributed by atoms with E-state index >= 15 is 0 Å². The molecule has 1 aliphatic carbocycles. The normalized spacial score (nSPS) is 19.2. The average Bonchev–Trinajstić information content (AvgIpc) is 3.51. The summed E-state index contributed by atoms with van der Waals surface area (Å²) in [5, 5.41) is 14.6. The predicted octanol–water partition coefficient (Wildman–Crippen LogP) is 5.32. The van der Waals surface area contributed by atoms with E-state index in [0.29, 0.717) is 29.5 Å². The van der Waals surface area contributed by atoms with E-state index in [1.54, 1.807) is 68.7 Å². The van der Waals surface area contributed by atoms with Gasteiger partial charge in [0, 0.05) is 63.7 Å². The van der Waals surface area contributed by atoms with Gasteiger partial charge in [0.15, 0.2) is 5.79 Å². The highest BCUT2D eigenvalue weighted by Gasteiger charge is 2.52. The number of rotatable bonds is 18. The van der Waals surface area contributed by atoms with E-state index < -0.39 is 30.1 Å². The lowest BCUT2D eigenvalue weighted by atomic mass is 9.91. The number of nitrogens with one attached hydrogen (secondary N) is 2. The zero-order valence-electron chi connectivity index (χ0n) is 30.3. The molecule has 11 nitrogen and oxygen atoms in total. The lowest BCUT2D eigenvalue weighted by molar-refractivity contribution is -0.190. The molecule has 0 bridgehead atoms. The first-order valence-corrected chi connectivity index (χ1v) is 18.1. The number of benzene rings is 2. The van der Waals surface area contributed by atoms with Gasteiger partial charge in [0.25, 0.3) is 5.91 Å². The molecule has 51 heavy (non-hydrogen) atoms. The van der Waals surface area contributed by atoms with Crippen molar-refractivity contribution in [3.63, 3.8) is 0 Å². The highest BCUT2D eigenvalue weighted by Crippen LogP contribution is 2.43. The second kappa shape index (κ2) is 19.3. The Morgan fingerprint density at radius 1 is 0.922 bits per heavy atom. The molecule has 0 saturated carbocycles. The molecule has 2 aromatic rings. The van der Waals surface area contributed by atoms with Crippen LogP contribution in [0.5, 0.6) is 0 Å². The van der Waals surface area contributed by atoms with Gasteiger partial charge in [-0.2, -0.15) is 0 Å². The predicted molar refractivity (Wildman–Crippen MR) is 195 cm³/mol. The third-order valence-corrected chi connectivity index (χ3v) is 9.10. The number of amides is 3. The number of fused-ring (bicyclic) bond motifs is 1. The van der Waals surface area contributed by atoms with Crippen LogP contribution in [0, 0.1) is 0 Å². The van der Waals surface area contributed by atoms with Crippen LogP contribution >= 0.6 is 0 Å². The molecule has 3 amide bonds.